The van der Waals surface area contributed by atoms with Crippen molar-refractivity contribution in [2.24, 2.45) is 5.92 Å². The summed E-state index contributed by atoms with van der Waals surface area (Å²) in [7, 11) is 1.59. The third-order valence-corrected chi connectivity index (χ3v) is 2.97. The number of hydrogen-bond donors (Lipinski definition) is 2. The van der Waals surface area contributed by atoms with Crippen molar-refractivity contribution in [1.82, 2.24) is 5.32 Å². The number of rotatable bonds is 5. The van der Waals surface area contributed by atoms with Crippen LogP contribution in [0.4, 0.5) is 11.4 Å². The van der Waals surface area contributed by atoms with Gasteiger partial charge in [0.2, 0.25) is 0 Å². The van der Waals surface area contributed by atoms with Gasteiger partial charge < -0.3 is 10.6 Å². The van der Waals surface area contributed by atoms with Crippen molar-refractivity contribution in [3.63, 3.8) is 0 Å². The van der Waals surface area contributed by atoms with E-state index in [0.29, 0.717) is 23.7 Å². The molecule has 1 aromatic rings. The van der Waals surface area contributed by atoms with Gasteiger partial charge in [-0.05, 0) is 30.9 Å². The maximum Gasteiger partial charge on any atom is 0.292 e. The van der Waals surface area contributed by atoms with E-state index in [1.54, 1.807) is 7.05 Å². The Morgan fingerprint density at radius 1 is 1.50 bits per heavy atom. The zero-order valence-electron chi connectivity index (χ0n) is 10.1. The number of nitro benzene ring substituents is 1. The minimum absolute atomic E-state index is 0.0313. The minimum Gasteiger partial charge on any atom is -0.383 e. The first-order valence-corrected chi connectivity index (χ1v) is 5.86. The minimum atomic E-state index is -0.474. The van der Waals surface area contributed by atoms with Crippen LogP contribution in [-0.2, 0) is 0 Å². The molecule has 1 amide bonds. The average Bonchev–Trinajstić information content (AvgIpc) is 3.19. The number of amides is 1. The Labute approximate surface area is 105 Å². The number of nitrogens with one attached hydrogen (secondary N) is 2. The molecule has 0 spiro atoms. The van der Waals surface area contributed by atoms with Gasteiger partial charge in [-0.1, -0.05) is 0 Å². The van der Waals surface area contributed by atoms with Crippen LogP contribution in [0.5, 0.6) is 0 Å². The number of carbonyl (C=O) groups excluding carboxylic acids is 1. The summed E-state index contributed by atoms with van der Waals surface area (Å²) in [5.41, 5.74) is 0.751. The van der Waals surface area contributed by atoms with Crippen LogP contribution in [0.1, 0.15) is 23.2 Å². The van der Waals surface area contributed by atoms with E-state index >= 15 is 0 Å². The predicted molar refractivity (Wildman–Crippen MR) is 67.7 cm³/mol. The largest absolute Gasteiger partial charge is 0.383 e. The summed E-state index contributed by atoms with van der Waals surface area (Å²) in [5, 5.41) is 16.3. The maximum atomic E-state index is 11.8. The Morgan fingerprint density at radius 3 is 2.78 bits per heavy atom. The van der Waals surface area contributed by atoms with Crippen LogP contribution < -0.4 is 10.6 Å². The van der Waals surface area contributed by atoms with Crippen LogP contribution >= 0.6 is 0 Å². The van der Waals surface area contributed by atoms with Gasteiger partial charge in [0.25, 0.3) is 11.6 Å². The summed E-state index contributed by atoms with van der Waals surface area (Å²) in [4.78, 5) is 22.1. The zero-order chi connectivity index (χ0) is 13.1. The van der Waals surface area contributed by atoms with Crippen LogP contribution in [0.3, 0.4) is 0 Å². The van der Waals surface area contributed by atoms with Gasteiger partial charge in [0, 0.05) is 25.2 Å². The number of carbonyl (C=O) groups is 1. The Balaban J connectivity index is 2.12. The highest BCUT2D eigenvalue weighted by Crippen LogP contribution is 2.28. The van der Waals surface area contributed by atoms with Crippen LogP contribution in [-0.4, -0.2) is 24.4 Å². The van der Waals surface area contributed by atoms with E-state index in [0.717, 1.165) is 0 Å². The first kappa shape index (κ1) is 12.3. The molecule has 0 atom stereocenters. The Hall–Kier alpha value is -2.11. The van der Waals surface area contributed by atoms with Gasteiger partial charge >= 0.3 is 0 Å². The van der Waals surface area contributed by atoms with Crippen molar-refractivity contribution in [1.29, 1.82) is 0 Å². The number of hydrogen-bond acceptors (Lipinski definition) is 4. The molecule has 6 heteroatoms. The summed E-state index contributed by atoms with van der Waals surface area (Å²) < 4.78 is 0. The van der Waals surface area contributed by atoms with E-state index in [4.69, 9.17) is 0 Å². The molecular formula is C12H15N3O3. The number of nitrogens with zero attached hydrogens (tertiary/aromatic N) is 1. The lowest BCUT2D eigenvalue weighted by Gasteiger charge is -2.07. The van der Waals surface area contributed by atoms with E-state index in [2.05, 4.69) is 10.6 Å². The highest BCUT2D eigenvalue weighted by atomic mass is 16.6. The first-order valence-electron chi connectivity index (χ1n) is 5.86. The molecule has 0 radical (unpaired) electrons. The molecule has 0 bridgehead atoms. The summed E-state index contributed by atoms with van der Waals surface area (Å²) >= 11 is 0. The molecule has 0 aromatic heterocycles. The van der Waals surface area contributed by atoms with Crippen molar-refractivity contribution >= 4 is 17.3 Å². The van der Waals surface area contributed by atoms with Gasteiger partial charge in [0.1, 0.15) is 5.69 Å². The zero-order valence-corrected chi connectivity index (χ0v) is 10.1. The van der Waals surface area contributed by atoms with Gasteiger partial charge in [-0.15, -0.1) is 0 Å². The van der Waals surface area contributed by atoms with E-state index in [-0.39, 0.29) is 11.6 Å². The van der Waals surface area contributed by atoms with Crippen LogP contribution in [0.15, 0.2) is 18.2 Å². The lowest BCUT2D eigenvalue weighted by atomic mass is 10.1. The van der Waals surface area contributed by atoms with E-state index in [1.807, 2.05) is 0 Å². The fraction of sp³-hybridized carbons (Fsp3) is 0.417. The molecule has 0 aliphatic heterocycles. The molecule has 18 heavy (non-hydrogen) atoms. The third-order valence-electron chi connectivity index (χ3n) is 2.97. The summed E-state index contributed by atoms with van der Waals surface area (Å²) in [5.74, 6) is 0.420. The predicted octanol–water partition coefficient (Wildman–Crippen LogP) is 1.78. The smallest absolute Gasteiger partial charge is 0.292 e. The lowest BCUT2D eigenvalue weighted by molar-refractivity contribution is -0.383. The first-order chi connectivity index (χ1) is 8.61. The SMILES string of the molecule is CNc1cc(C(=O)NCC2CC2)ccc1[N+](=O)[O-]. The molecule has 0 heterocycles. The van der Waals surface area contributed by atoms with Crippen LogP contribution in [0.25, 0.3) is 0 Å². The van der Waals surface area contributed by atoms with Crippen molar-refractivity contribution in [2.45, 2.75) is 12.8 Å². The van der Waals surface area contributed by atoms with Gasteiger partial charge in [0.15, 0.2) is 0 Å². The number of benzene rings is 1. The molecule has 0 saturated heterocycles. The molecule has 1 fully saturated rings. The summed E-state index contributed by atoms with van der Waals surface area (Å²) in [6, 6.07) is 4.32. The summed E-state index contributed by atoms with van der Waals surface area (Å²) in [6.07, 6.45) is 2.34. The Morgan fingerprint density at radius 2 is 2.22 bits per heavy atom. The standard InChI is InChI=1S/C12H15N3O3/c1-13-10-6-9(4-5-11(10)15(17)18)12(16)14-7-8-2-3-8/h4-6,8,13H,2-3,7H2,1H3,(H,14,16). The average molecular weight is 249 g/mol. The molecule has 6 nitrogen and oxygen atoms in total. The monoisotopic (exact) mass is 249 g/mol. The molecule has 1 aliphatic rings. The van der Waals surface area contributed by atoms with Gasteiger partial charge in [-0.2, -0.15) is 0 Å². The quantitative estimate of drug-likeness (QED) is 0.615. The molecule has 2 N–H and O–H groups in total. The summed E-state index contributed by atoms with van der Waals surface area (Å²) in [6.45, 7) is 0.685. The second-order valence-electron chi connectivity index (χ2n) is 4.39. The number of nitro groups is 1. The van der Waals surface area contributed by atoms with E-state index < -0.39 is 4.92 Å². The van der Waals surface area contributed by atoms with Crippen molar-refractivity contribution < 1.29 is 9.72 Å². The van der Waals surface area contributed by atoms with Crippen molar-refractivity contribution in [3.8, 4) is 0 Å². The molecule has 1 aromatic carbocycles. The van der Waals surface area contributed by atoms with Crippen molar-refractivity contribution in [3.05, 3.63) is 33.9 Å². The Bertz CT molecular complexity index is 483. The lowest BCUT2D eigenvalue weighted by Crippen LogP contribution is -2.25. The van der Waals surface area contributed by atoms with Gasteiger partial charge in [-0.25, -0.2) is 0 Å². The fourth-order valence-corrected chi connectivity index (χ4v) is 1.70. The molecule has 0 unspecified atom stereocenters. The number of anilines is 1. The van der Waals surface area contributed by atoms with E-state index in [1.165, 1.54) is 31.0 Å². The molecule has 1 aliphatic carbocycles. The highest BCUT2D eigenvalue weighted by Gasteiger charge is 2.22. The normalized spacial score (nSPS) is 14.1. The molecular weight excluding hydrogens is 234 g/mol. The Kier molecular flexibility index (Phi) is 3.45. The fourth-order valence-electron chi connectivity index (χ4n) is 1.70. The second-order valence-corrected chi connectivity index (χ2v) is 4.39. The van der Waals surface area contributed by atoms with Crippen molar-refractivity contribution in [2.75, 3.05) is 18.9 Å². The molecule has 2 rings (SSSR count). The second kappa shape index (κ2) is 5.03. The van der Waals surface area contributed by atoms with E-state index in [9.17, 15) is 14.9 Å². The third kappa shape index (κ3) is 2.77. The highest BCUT2D eigenvalue weighted by molar-refractivity contribution is 5.95. The van der Waals surface area contributed by atoms with Gasteiger partial charge in [-0.3, -0.25) is 14.9 Å². The van der Waals surface area contributed by atoms with Crippen LogP contribution in [0, 0.1) is 16.0 Å². The van der Waals surface area contributed by atoms with Gasteiger partial charge in [0.05, 0.1) is 4.92 Å². The molecule has 96 valence electrons. The topological polar surface area (TPSA) is 84.3 Å². The molecule has 1 saturated carbocycles. The maximum absolute atomic E-state index is 11.8. The van der Waals surface area contributed by atoms with Crippen LogP contribution in [0.2, 0.25) is 0 Å².